The van der Waals surface area contributed by atoms with Gasteiger partial charge in [-0.05, 0) is 17.7 Å². The quantitative estimate of drug-likeness (QED) is 0.522. The largest absolute Gasteiger partial charge is 0.480 e. The highest BCUT2D eigenvalue weighted by Crippen LogP contribution is 2.29. The number of halogens is 2. The van der Waals surface area contributed by atoms with E-state index in [1.54, 1.807) is 12.1 Å². The predicted molar refractivity (Wildman–Crippen MR) is 63.6 cm³/mol. The van der Waals surface area contributed by atoms with Crippen LogP contribution >= 0.6 is 23.2 Å². The van der Waals surface area contributed by atoms with Crippen LogP contribution in [0.4, 0.5) is 0 Å². The molecule has 0 bridgehead atoms. The van der Waals surface area contributed by atoms with Crippen molar-refractivity contribution in [3.05, 3.63) is 29.8 Å². The molecule has 0 saturated heterocycles. The first-order valence-corrected chi connectivity index (χ1v) is 5.58. The zero-order valence-corrected chi connectivity index (χ0v) is 10.4. The number of hydrogen-bond acceptors (Lipinski definition) is 3. The van der Waals surface area contributed by atoms with Gasteiger partial charge < -0.3 is 9.84 Å². The van der Waals surface area contributed by atoms with Crippen molar-refractivity contribution in [1.29, 1.82) is 0 Å². The Labute approximate surface area is 108 Å². The molecule has 0 spiro atoms. The molecule has 0 fully saturated rings. The summed E-state index contributed by atoms with van der Waals surface area (Å²) in [6.07, 6.45) is 0. The zero-order valence-electron chi connectivity index (χ0n) is 8.89. The smallest absolute Gasteiger partial charge is 0.323 e. The topological polar surface area (TPSA) is 63.6 Å². The van der Waals surface area contributed by atoms with Crippen LogP contribution in [0.2, 0.25) is 0 Å². The van der Waals surface area contributed by atoms with Gasteiger partial charge in [-0.15, -0.1) is 23.2 Å². The second-order valence-electron chi connectivity index (χ2n) is 3.30. The lowest BCUT2D eigenvalue weighted by Gasteiger charge is -2.12. The molecule has 6 heteroatoms. The summed E-state index contributed by atoms with van der Waals surface area (Å²) >= 11 is 11.5. The van der Waals surface area contributed by atoms with Crippen molar-refractivity contribution in [1.82, 2.24) is 0 Å². The highest BCUT2D eigenvalue weighted by Gasteiger charge is 2.25. The van der Waals surface area contributed by atoms with Crippen LogP contribution in [0.5, 0.6) is 5.75 Å². The van der Waals surface area contributed by atoms with Crippen LogP contribution in [0, 0.1) is 0 Å². The van der Waals surface area contributed by atoms with Crippen molar-refractivity contribution in [2.75, 3.05) is 0 Å². The van der Waals surface area contributed by atoms with Gasteiger partial charge in [0.1, 0.15) is 5.75 Å². The SMILES string of the molecule is CC(=O)Oc1ccc(C(Cl)C(Cl)C(=O)O)cc1. The summed E-state index contributed by atoms with van der Waals surface area (Å²) in [5.74, 6) is -1.25. The number of aliphatic carboxylic acids is 1. The first-order valence-electron chi connectivity index (χ1n) is 4.71. The summed E-state index contributed by atoms with van der Waals surface area (Å²) in [4.78, 5) is 21.3. The Bertz CT molecular complexity index is 416. The van der Waals surface area contributed by atoms with Gasteiger partial charge in [0.2, 0.25) is 0 Å². The number of alkyl halides is 2. The predicted octanol–water partition coefficient (Wildman–Crippen LogP) is 2.58. The number of carboxylic acid groups (broad SMARTS) is 1. The molecule has 17 heavy (non-hydrogen) atoms. The van der Waals surface area contributed by atoms with Crippen LogP contribution in [0.15, 0.2) is 24.3 Å². The molecule has 0 aromatic heterocycles. The van der Waals surface area contributed by atoms with Gasteiger partial charge >= 0.3 is 11.9 Å². The molecule has 0 aliphatic carbocycles. The number of rotatable bonds is 4. The average Bonchev–Trinajstić information content (AvgIpc) is 2.27. The lowest BCUT2D eigenvalue weighted by molar-refractivity contribution is -0.136. The highest BCUT2D eigenvalue weighted by atomic mass is 35.5. The fraction of sp³-hybridized carbons (Fsp3) is 0.273. The molecular formula is C11H10Cl2O4. The molecular weight excluding hydrogens is 267 g/mol. The van der Waals surface area contributed by atoms with Crippen molar-refractivity contribution in [2.24, 2.45) is 0 Å². The minimum atomic E-state index is -1.21. The van der Waals surface area contributed by atoms with Crippen LogP contribution in [-0.4, -0.2) is 22.4 Å². The highest BCUT2D eigenvalue weighted by molar-refractivity contribution is 6.36. The molecule has 1 rings (SSSR count). The summed E-state index contributed by atoms with van der Waals surface area (Å²) in [5, 5.41) is 6.64. The van der Waals surface area contributed by atoms with E-state index in [1.165, 1.54) is 19.1 Å². The van der Waals surface area contributed by atoms with Gasteiger partial charge in [0, 0.05) is 6.92 Å². The van der Waals surface area contributed by atoms with Gasteiger partial charge in [-0.1, -0.05) is 12.1 Å². The van der Waals surface area contributed by atoms with Crippen molar-refractivity contribution in [2.45, 2.75) is 17.7 Å². The Balaban J connectivity index is 2.80. The molecule has 2 unspecified atom stereocenters. The maximum absolute atomic E-state index is 10.7. The van der Waals surface area contributed by atoms with E-state index >= 15 is 0 Å². The molecule has 0 heterocycles. The molecule has 0 aliphatic rings. The van der Waals surface area contributed by atoms with E-state index in [-0.39, 0.29) is 0 Å². The lowest BCUT2D eigenvalue weighted by Crippen LogP contribution is -2.18. The van der Waals surface area contributed by atoms with E-state index in [4.69, 9.17) is 33.0 Å². The van der Waals surface area contributed by atoms with Crippen LogP contribution in [0.3, 0.4) is 0 Å². The third kappa shape index (κ3) is 3.91. The fourth-order valence-electron chi connectivity index (χ4n) is 1.18. The Morgan fingerprint density at radius 3 is 2.18 bits per heavy atom. The van der Waals surface area contributed by atoms with E-state index in [1.807, 2.05) is 0 Å². The van der Waals surface area contributed by atoms with Crippen LogP contribution in [-0.2, 0) is 9.59 Å². The first-order chi connectivity index (χ1) is 7.91. The Morgan fingerprint density at radius 1 is 1.24 bits per heavy atom. The summed E-state index contributed by atoms with van der Waals surface area (Å²) < 4.78 is 4.83. The standard InChI is InChI=1S/C11H10Cl2O4/c1-6(14)17-8-4-2-7(3-5-8)9(12)10(13)11(15)16/h2-5,9-10H,1H3,(H,15,16). The molecule has 2 atom stereocenters. The molecule has 0 amide bonds. The van der Waals surface area contributed by atoms with E-state index in [0.29, 0.717) is 11.3 Å². The van der Waals surface area contributed by atoms with Crippen LogP contribution in [0.25, 0.3) is 0 Å². The van der Waals surface area contributed by atoms with Gasteiger partial charge in [-0.2, -0.15) is 0 Å². The summed E-state index contributed by atoms with van der Waals surface area (Å²) in [5.41, 5.74) is 0.546. The second-order valence-corrected chi connectivity index (χ2v) is 4.24. The molecule has 0 aliphatic heterocycles. The third-order valence-electron chi connectivity index (χ3n) is 1.95. The number of carbonyl (C=O) groups excluding carboxylic acids is 1. The fourth-order valence-corrected chi connectivity index (χ4v) is 1.58. The van der Waals surface area contributed by atoms with Crippen molar-refractivity contribution in [3.63, 3.8) is 0 Å². The molecule has 4 nitrogen and oxygen atoms in total. The summed E-state index contributed by atoms with van der Waals surface area (Å²) in [7, 11) is 0. The summed E-state index contributed by atoms with van der Waals surface area (Å²) in [6, 6.07) is 6.18. The molecule has 0 radical (unpaired) electrons. The van der Waals surface area contributed by atoms with Crippen LogP contribution in [0.1, 0.15) is 17.9 Å². The molecule has 1 aromatic rings. The molecule has 0 saturated carbocycles. The average molecular weight is 277 g/mol. The number of carbonyl (C=O) groups is 2. The van der Waals surface area contributed by atoms with Crippen molar-refractivity contribution >= 4 is 35.1 Å². The number of esters is 1. The van der Waals surface area contributed by atoms with Gasteiger partial charge in [0.05, 0.1) is 5.38 Å². The minimum Gasteiger partial charge on any atom is -0.480 e. The van der Waals surface area contributed by atoms with E-state index in [9.17, 15) is 9.59 Å². The Morgan fingerprint density at radius 2 is 1.76 bits per heavy atom. The number of hydrogen-bond donors (Lipinski definition) is 1. The van der Waals surface area contributed by atoms with Gasteiger partial charge in [0.15, 0.2) is 5.38 Å². The third-order valence-corrected chi connectivity index (χ3v) is 3.02. The maximum Gasteiger partial charge on any atom is 0.323 e. The second kappa shape index (κ2) is 5.89. The van der Waals surface area contributed by atoms with Crippen molar-refractivity contribution in [3.8, 4) is 5.75 Å². The lowest BCUT2D eigenvalue weighted by atomic mass is 10.1. The van der Waals surface area contributed by atoms with Crippen LogP contribution < -0.4 is 4.74 Å². The number of carboxylic acids is 1. The monoisotopic (exact) mass is 276 g/mol. The van der Waals surface area contributed by atoms with Gasteiger partial charge in [-0.3, -0.25) is 9.59 Å². The molecule has 92 valence electrons. The van der Waals surface area contributed by atoms with Gasteiger partial charge in [-0.25, -0.2) is 0 Å². The van der Waals surface area contributed by atoms with E-state index in [2.05, 4.69) is 0 Å². The summed E-state index contributed by atoms with van der Waals surface area (Å²) in [6.45, 7) is 1.29. The first kappa shape index (κ1) is 13.8. The normalized spacial score (nSPS) is 13.8. The minimum absolute atomic E-state index is 0.367. The van der Waals surface area contributed by atoms with E-state index < -0.39 is 22.7 Å². The van der Waals surface area contributed by atoms with Gasteiger partial charge in [0.25, 0.3) is 0 Å². The molecule has 1 N–H and O–H groups in total. The Hall–Kier alpha value is -1.26. The molecule has 1 aromatic carbocycles. The number of benzene rings is 1. The maximum atomic E-state index is 10.7. The van der Waals surface area contributed by atoms with Crippen molar-refractivity contribution < 1.29 is 19.4 Å². The zero-order chi connectivity index (χ0) is 13.0. The Kier molecular flexibility index (Phi) is 4.78. The number of ether oxygens (including phenoxy) is 1. The van der Waals surface area contributed by atoms with E-state index in [0.717, 1.165) is 0 Å².